The monoisotopic (exact) mass is 733 g/mol. The van der Waals surface area contributed by atoms with Crippen LogP contribution in [0.1, 0.15) is 80.3 Å². The normalized spacial score (nSPS) is 13.5. The van der Waals surface area contributed by atoms with Gasteiger partial charge in [0.2, 0.25) is 5.91 Å². The van der Waals surface area contributed by atoms with Gasteiger partial charge in [-0.25, -0.2) is 4.79 Å². The lowest BCUT2D eigenvalue weighted by atomic mass is 9.96. The predicted octanol–water partition coefficient (Wildman–Crippen LogP) is 9.06. The highest BCUT2D eigenvalue weighted by atomic mass is 32.2. The van der Waals surface area contributed by atoms with Crippen LogP contribution in [0.15, 0.2) is 118 Å². The maximum atomic E-state index is 14.2. The molecular formula is C41H39N3O6S2. The number of carbonyl (C=O) groups excluding carboxylic acids is 4. The van der Waals surface area contributed by atoms with Gasteiger partial charge in [0.1, 0.15) is 21.7 Å². The smallest absolute Gasteiger partial charge is 0.341 e. The van der Waals surface area contributed by atoms with E-state index in [1.807, 2.05) is 36.4 Å². The number of aryl methyl sites for hydroxylation is 1. The Balaban J connectivity index is 1.24. The molecule has 1 aliphatic rings. The second kappa shape index (κ2) is 17.7. The number of nitrogens with one attached hydrogen (secondary N) is 3. The quantitative estimate of drug-likeness (QED) is 0.0664. The van der Waals surface area contributed by atoms with Crippen molar-refractivity contribution in [2.75, 3.05) is 17.2 Å². The topological polar surface area (TPSA) is 127 Å². The molecule has 0 radical (unpaired) electrons. The van der Waals surface area contributed by atoms with Gasteiger partial charge in [0, 0.05) is 27.1 Å². The number of benzene rings is 3. The minimum Gasteiger partial charge on any atom is -0.465 e. The van der Waals surface area contributed by atoms with Crippen LogP contribution in [0.2, 0.25) is 0 Å². The number of carbonyl (C=O) groups is 4. The first-order chi connectivity index (χ1) is 25.4. The van der Waals surface area contributed by atoms with Crippen molar-refractivity contribution in [3.8, 4) is 0 Å². The lowest BCUT2D eigenvalue weighted by Crippen LogP contribution is -2.30. The van der Waals surface area contributed by atoms with Crippen LogP contribution in [0.3, 0.4) is 0 Å². The van der Waals surface area contributed by atoms with Crippen LogP contribution < -0.4 is 16.0 Å². The Bertz CT molecular complexity index is 2040. The number of anilines is 2. The number of thioether (sulfide) groups is 1. The van der Waals surface area contributed by atoms with Gasteiger partial charge in [-0.15, -0.1) is 23.1 Å². The molecular weight excluding hydrogens is 695 g/mol. The van der Waals surface area contributed by atoms with Crippen LogP contribution in [0.25, 0.3) is 6.08 Å². The van der Waals surface area contributed by atoms with Crippen molar-refractivity contribution in [3.05, 3.63) is 142 Å². The van der Waals surface area contributed by atoms with Gasteiger partial charge in [0.25, 0.3) is 11.8 Å². The Kier molecular flexibility index (Phi) is 12.4. The summed E-state index contributed by atoms with van der Waals surface area (Å²) in [5, 5.41) is 8.52. The van der Waals surface area contributed by atoms with E-state index < -0.39 is 23.0 Å². The number of fused-ring (bicyclic) bond motifs is 1. The van der Waals surface area contributed by atoms with Gasteiger partial charge >= 0.3 is 5.97 Å². The third-order valence-electron chi connectivity index (χ3n) is 8.43. The SMILES string of the molecule is CCOC(=O)c1c(NC(=O)C(Sc2cccc(NC(=O)/C(=C/c3ccco3)NC(=O)c3ccccc3)c2)c2ccccc2)sc2c1CCCCCC2. The van der Waals surface area contributed by atoms with Gasteiger partial charge in [-0.1, -0.05) is 67.4 Å². The molecule has 1 unspecified atom stereocenters. The maximum absolute atomic E-state index is 14.2. The molecule has 3 amide bonds. The Morgan fingerprint density at radius 3 is 2.35 bits per heavy atom. The molecule has 266 valence electrons. The molecule has 3 N–H and O–H groups in total. The van der Waals surface area contributed by atoms with Gasteiger partial charge in [0.15, 0.2) is 0 Å². The van der Waals surface area contributed by atoms with E-state index in [4.69, 9.17) is 9.15 Å². The highest BCUT2D eigenvalue weighted by molar-refractivity contribution is 8.00. The zero-order valence-corrected chi connectivity index (χ0v) is 30.3. The fraction of sp³-hybridized carbons (Fsp3) is 0.220. The molecule has 1 aliphatic carbocycles. The first-order valence-corrected chi connectivity index (χ1v) is 19.0. The molecule has 0 saturated heterocycles. The van der Waals surface area contributed by atoms with Gasteiger partial charge in [-0.3, -0.25) is 14.4 Å². The first kappa shape index (κ1) is 36.4. The third kappa shape index (κ3) is 9.28. The number of ether oxygens (including phenoxy) is 1. The molecule has 52 heavy (non-hydrogen) atoms. The number of rotatable bonds is 12. The van der Waals surface area contributed by atoms with Crippen molar-refractivity contribution in [1.29, 1.82) is 0 Å². The summed E-state index contributed by atoms with van der Waals surface area (Å²) in [6.45, 7) is 2.02. The van der Waals surface area contributed by atoms with Crippen molar-refractivity contribution in [3.63, 3.8) is 0 Å². The van der Waals surface area contributed by atoms with E-state index in [0.29, 0.717) is 27.6 Å². The fourth-order valence-corrected chi connectivity index (χ4v) is 8.31. The summed E-state index contributed by atoms with van der Waals surface area (Å²) in [7, 11) is 0. The molecule has 0 aliphatic heterocycles. The summed E-state index contributed by atoms with van der Waals surface area (Å²) < 4.78 is 10.9. The van der Waals surface area contributed by atoms with Crippen LogP contribution in [0, 0.1) is 0 Å². The summed E-state index contributed by atoms with van der Waals surface area (Å²) in [6.07, 6.45) is 8.86. The van der Waals surface area contributed by atoms with Crippen LogP contribution in [0.4, 0.5) is 10.7 Å². The highest BCUT2D eigenvalue weighted by Crippen LogP contribution is 2.41. The van der Waals surface area contributed by atoms with E-state index in [2.05, 4.69) is 16.0 Å². The Labute approximate surface area is 310 Å². The molecule has 1 atom stereocenters. The fourth-order valence-electron chi connectivity index (χ4n) is 5.94. The van der Waals surface area contributed by atoms with Gasteiger partial charge in [0.05, 0.1) is 18.4 Å². The minimum atomic E-state index is -0.688. The molecule has 0 fully saturated rings. The van der Waals surface area contributed by atoms with E-state index in [1.165, 1.54) is 35.4 Å². The van der Waals surface area contributed by atoms with Crippen LogP contribution >= 0.6 is 23.1 Å². The van der Waals surface area contributed by atoms with Crippen molar-refractivity contribution < 1.29 is 28.3 Å². The second-order valence-corrected chi connectivity index (χ2v) is 14.4. The summed E-state index contributed by atoms with van der Waals surface area (Å²) in [5.74, 6) is -1.30. The third-order valence-corrected chi connectivity index (χ3v) is 10.9. The first-order valence-electron chi connectivity index (χ1n) is 17.3. The molecule has 2 heterocycles. The zero-order chi connectivity index (χ0) is 36.3. The van der Waals surface area contributed by atoms with E-state index in [-0.39, 0.29) is 18.2 Å². The molecule has 5 aromatic rings. The van der Waals surface area contributed by atoms with Crippen molar-refractivity contribution in [2.24, 2.45) is 0 Å². The number of furan rings is 1. The molecule has 3 aromatic carbocycles. The van der Waals surface area contributed by atoms with Gasteiger partial charge in [-0.2, -0.15) is 0 Å². The highest BCUT2D eigenvalue weighted by Gasteiger charge is 2.29. The molecule has 9 nitrogen and oxygen atoms in total. The minimum absolute atomic E-state index is 0.00847. The molecule has 0 saturated carbocycles. The van der Waals surface area contributed by atoms with Crippen molar-refractivity contribution in [1.82, 2.24) is 5.32 Å². The predicted molar refractivity (Wildman–Crippen MR) is 205 cm³/mol. The van der Waals surface area contributed by atoms with Crippen LogP contribution in [-0.2, 0) is 27.2 Å². The number of hydrogen-bond donors (Lipinski definition) is 3. The van der Waals surface area contributed by atoms with E-state index >= 15 is 0 Å². The van der Waals surface area contributed by atoms with Gasteiger partial charge < -0.3 is 25.1 Å². The number of esters is 1. The Hall–Kier alpha value is -5.39. The largest absolute Gasteiger partial charge is 0.465 e. The summed E-state index contributed by atoms with van der Waals surface area (Å²) in [6, 6.07) is 28.6. The van der Waals surface area contributed by atoms with E-state index in [9.17, 15) is 19.2 Å². The van der Waals surface area contributed by atoms with Crippen molar-refractivity contribution in [2.45, 2.75) is 55.6 Å². The molecule has 0 spiro atoms. The molecule has 6 rings (SSSR count). The average Bonchev–Trinajstić information content (AvgIpc) is 3.78. The van der Waals surface area contributed by atoms with Crippen LogP contribution in [-0.4, -0.2) is 30.3 Å². The lowest BCUT2D eigenvalue weighted by molar-refractivity contribution is -0.116. The summed E-state index contributed by atoms with van der Waals surface area (Å²) >= 11 is 2.79. The maximum Gasteiger partial charge on any atom is 0.341 e. The zero-order valence-electron chi connectivity index (χ0n) is 28.7. The molecule has 11 heteroatoms. The number of hydrogen-bond acceptors (Lipinski definition) is 8. The number of amides is 3. The van der Waals surface area contributed by atoms with E-state index in [0.717, 1.165) is 59.4 Å². The van der Waals surface area contributed by atoms with Gasteiger partial charge in [-0.05, 0) is 86.2 Å². The summed E-state index contributed by atoms with van der Waals surface area (Å²) in [5.41, 5.74) is 3.09. The van der Waals surface area contributed by atoms with Crippen molar-refractivity contribution >= 4 is 63.6 Å². The van der Waals surface area contributed by atoms with Crippen LogP contribution in [0.5, 0.6) is 0 Å². The van der Waals surface area contributed by atoms with E-state index in [1.54, 1.807) is 67.6 Å². The summed E-state index contributed by atoms with van der Waals surface area (Å²) in [4.78, 5) is 55.9. The lowest BCUT2D eigenvalue weighted by Gasteiger charge is -2.18. The Morgan fingerprint density at radius 2 is 1.62 bits per heavy atom. The Morgan fingerprint density at radius 1 is 0.865 bits per heavy atom. The average molecular weight is 734 g/mol. The molecule has 2 aromatic heterocycles. The second-order valence-electron chi connectivity index (χ2n) is 12.1. The standard InChI is InChI=1S/C41H39N3O6S2/c1-2-49-41(48)35-32-22-11-3-4-12-23-34(32)52-40(35)44-39(47)36(27-15-7-5-8-16-27)51-31-21-13-19-29(25-31)42-38(46)33(26-30-20-14-24-50-30)43-37(45)28-17-9-6-10-18-28/h5-10,13-21,24-26,36H,2-4,11-12,22-23H2,1H3,(H,42,46)(H,43,45)(H,44,47)/b33-26-. The number of thiophene rings is 1. The molecule has 0 bridgehead atoms.